The maximum atomic E-state index is 12.5. The van der Waals surface area contributed by atoms with Gasteiger partial charge in [-0.25, -0.2) is 4.98 Å². The van der Waals surface area contributed by atoms with E-state index < -0.39 is 0 Å². The van der Waals surface area contributed by atoms with Crippen LogP contribution >= 0.6 is 0 Å². The van der Waals surface area contributed by atoms with E-state index in [1.54, 1.807) is 18.5 Å². The van der Waals surface area contributed by atoms with E-state index in [1.165, 1.54) is 0 Å². The minimum Gasteiger partial charge on any atom is -0.472 e. The Balaban J connectivity index is 1.63. The molecule has 0 saturated carbocycles. The summed E-state index contributed by atoms with van der Waals surface area (Å²) >= 11 is 0. The van der Waals surface area contributed by atoms with Gasteiger partial charge in [0.2, 0.25) is 5.88 Å². The van der Waals surface area contributed by atoms with Gasteiger partial charge in [0.25, 0.3) is 5.91 Å². The monoisotopic (exact) mass is 297 g/mol. The summed E-state index contributed by atoms with van der Waals surface area (Å²) in [5, 5.41) is 0. The van der Waals surface area contributed by atoms with Crippen LogP contribution in [0.5, 0.6) is 5.88 Å². The molecule has 22 heavy (non-hydrogen) atoms. The standard InChI is InChI=1S/C17H19N3O2/c1-12-5-6-16(19-10-12)22-14-7-9-20(11-14)17(21)15-4-3-8-18-13(15)2/h3-6,8,10,14H,7,9,11H2,1-2H3. The Kier molecular flexibility index (Phi) is 4.04. The average molecular weight is 297 g/mol. The van der Waals surface area contributed by atoms with E-state index in [1.807, 2.05) is 36.9 Å². The fourth-order valence-corrected chi connectivity index (χ4v) is 2.58. The second-order valence-corrected chi connectivity index (χ2v) is 5.59. The van der Waals surface area contributed by atoms with Gasteiger partial charge in [-0.05, 0) is 31.5 Å². The third-order valence-corrected chi connectivity index (χ3v) is 3.84. The zero-order valence-electron chi connectivity index (χ0n) is 12.8. The third-order valence-electron chi connectivity index (χ3n) is 3.84. The molecule has 1 aliphatic heterocycles. The highest BCUT2D eigenvalue weighted by atomic mass is 16.5. The highest BCUT2D eigenvalue weighted by molar-refractivity contribution is 5.95. The van der Waals surface area contributed by atoms with Crippen LogP contribution < -0.4 is 4.74 Å². The predicted octanol–water partition coefficient (Wildman–Crippen LogP) is 2.39. The summed E-state index contributed by atoms with van der Waals surface area (Å²) in [5.74, 6) is 0.635. The van der Waals surface area contributed by atoms with Gasteiger partial charge in [0.05, 0.1) is 12.1 Å². The summed E-state index contributed by atoms with van der Waals surface area (Å²) in [6.07, 6.45) is 4.30. The molecule has 0 aromatic carbocycles. The van der Waals surface area contributed by atoms with Crippen molar-refractivity contribution in [2.24, 2.45) is 0 Å². The molecule has 0 aliphatic carbocycles. The fraction of sp³-hybridized carbons (Fsp3) is 0.353. The molecule has 0 bridgehead atoms. The van der Waals surface area contributed by atoms with Crippen molar-refractivity contribution in [3.8, 4) is 5.88 Å². The lowest BCUT2D eigenvalue weighted by Crippen LogP contribution is -2.31. The molecular formula is C17H19N3O2. The Morgan fingerprint density at radius 1 is 1.27 bits per heavy atom. The topological polar surface area (TPSA) is 55.3 Å². The number of pyridine rings is 2. The first-order valence-corrected chi connectivity index (χ1v) is 7.43. The molecular weight excluding hydrogens is 278 g/mol. The number of hydrogen-bond acceptors (Lipinski definition) is 4. The fourth-order valence-electron chi connectivity index (χ4n) is 2.58. The number of ether oxygens (including phenoxy) is 1. The zero-order valence-corrected chi connectivity index (χ0v) is 12.8. The van der Waals surface area contributed by atoms with Crippen LogP contribution in [0.15, 0.2) is 36.7 Å². The van der Waals surface area contributed by atoms with Crippen molar-refractivity contribution in [1.82, 2.24) is 14.9 Å². The SMILES string of the molecule is Cc1ccc(OC2CCN(C(=O)c3cccnc3C)C2)nc1. The lowest BCUT2D eigenvalue weighted by Gasteiger charge is -2.17. The Bertz CT molecular complexity index is 670. The van der Waals surface area contributed by atoms with Gasteiger partial charge in [0.1, 0.15) is 6.10 Å². The van der Waals surface area contributed by atoms with Gasteiger partial charge >= 0.3 is 0 Å². The minimum atomic E-state index is -0.00358. The number of carbonyl (C=O) groups is 1. The van der Waals surface area contributed by atoms with E-state index in [2.05, 4.69) is 9.97 Å². The maximum Gasteiger partial charge on any atom is 0.255 e. The number of aromatic nitrogens is 2. The first-order valence-electron chi connectivity index (χ1n) is 7.43. The summed E-state index contributed by atoms with van der Waals surface area (Å²) in [6, 6.07) is 7.45. The molecule has 2 aromatic rings. The normalized spacial score (nSPS) is 17.5. The summed E-state index contributed by atoms with van der Waals surface area (Å²) in [7, 11) is 0. The van der Waals surface area contributed by atoms with E-state index in [0.717, 1.165) is 17.7 Å². The molecule has 2 aromatic heterocycles. The molecule has 1 atom stereocenters. The van der Waals surface area contributed by atoms with Crippen LogP contribution in [-0.4, -0.2) is 40.0 Å². The van der Waals surface area contributed by atoms with E-state index in [9.17, 15) is 4.79 Å². The third kappa shape index (κ3) is 3.08. The highest BCUT2D eigenvalue weighted by Gasteiger charge is 2.29. The number of rotatable bonds is 3. The number of aryl methyl sites for hydroxylation is 2. The molecule has 0 spiro atoms. The molecule has 5 nitrogen and oxygen atoms in total. The number of likely N-dealkylation sites (tertiary alicyclic amines) is 1. The summed E-state index contributed by atoms with van der Waals surface area (Å²) < 4.78 is 5.86. The first-order chi connectivity index (χ1) is 10.6. The van der Waals surface area contributed by atoms with Crippen molar-refractivity contribution in [2.45, 2.75) is 26.4 Å². The number of carbonyl (C=O) groups excluding carboxylic acids is 1. The van der Waals surface area contributed by atoms with E-state index in [-0.39, 0.29) is 12.0 Å². The van der Waals surface area contributed by atoms with Crippen LogP contribution in [-0.2, 0) is 0 Å². The van der Waals surface area contributed by atoms with Gasteiger partial charge in [-0.1, -0.05) is 6.07 Å². The molecule has 3 rings (SSSR count). The van der Waals surface area contributed by atoms with Gasteiger partial charge in [-0.2, -0.15) is 0 Å². The van der Waals surface area contributed by atoms with Crippen LogP contribution in [0, 0.1) is 13.8 Å². The molecule has 1 aliphatic rings. The molecule has 1 unspecified atom stereocenters. The summed E-state index contributed by atoms with van der Waals surface area (Å²) in [5.41, 5.74) is 2.52. The molecule has 5 heteroatoms. The number of hydrogen-bond donors (Lipinski definition) is 0. The van der Waals surface area contributed by atoms with Gasteiger partial charge in [0, 0.05) is 37.1 Å². The molecule has 0 N–H and O–H groups in total. The van der Waals surface area contributed by atoms with Gasteiger partial charge < -0.3 is 9.64 Å². The highest BCUT2D eigenvalue weighted by Crippen LogP contribution is 2.19. The van der Waals surface area contributed by atoms with E-state index in [4.69, 9.17) is 4.74 Å². The van der Waals surface area contributed by atoms with Crippen molar-refractivity contribution in [3.63, 3.8) is 0 Å². The predicted molar refractivity (Wildman–Crippen MR) is 82.9 cm³/mol. The molecule has 1 fully saturated rings. The Labute approximate surface area is 130 Å². The second-order valence-electron chi connectivity index (χ2n) is 5.59. The van der Waals surface area contributed by atoms with E-state index >= 15 is 0 Å². The average Bonchev–Trinajstić information content (AvgIpc) is 2.98. The first kappa shape index (κ1) is 14.5. The smallest absolute Gasteiger partial charge is 0.255 e. The van der Waals surface area contributed by atoms with Gasteiger partial charge in [0.15, 0.2) is 0 Å². The molecule has 3 heterocycles. The van der Waals surface area contributed by atoms with Crippen molar-refractivity contribution in [1.29, 1.82) is 0 Å². The van der Waals surface area contributed by atoms with Crippen LogP contribution in [0.4, 0.5) is 0 Å². The van der Waals surface area contributed by atoms with E-state index in [0.29, 0.717) is 24.5 Å². The van der Waals surface area contributed by atoms with Crippen molar-refractivity contribution >= 4 is 5.91 Å². The van der Waals surface area contributed by atoms with Crippen LogP contribution in [0.2, 0.25) is 0 Å². The lowest BCUT2D eigenvalue weighted by molar-refractivity contribution is 0.0770. The largest absolute Gasteiger partial charge is 0.472 e. The lowest BCUT2D eigenvalue weighted by atomic mass is 10.2. The number of nitrogens with zero attached hydrogens (tertiary/aromatic N) is 3. The zero-order chi connectivity index (χ0) is 15.5. The Morgan fingerprint density at radius 3 is 2.86 bits per heavy atom. The summed E-state index contributed by atoms with van der Waals surface area (Å²) in [6.45, 7) is 5.13. The maximum absolute atomic E-state index is 12.5. The number of amides is 1. The molecule has 114 valence electrons. The molecule has 1 saturated heterocycles. The summed E-state index contributed by atoms with van der Waals surface area (Å²) in [4.78, 5) is 22.8. The second kappa shape index (κ2) is 6.13. The molecule has 0 radical (unpaired) electrons. The van der Waals surface area contributed by atoms with Gasteiger partial charge in [-0.3, -0.25) is 9.78 Å². The quantitative estimate of drug-likeness (QED) is 0.873. The van der Waals surface area contributed by atoms with Crippen molar-refractivity contribution < 1.29 is 9.53 Å². The van der Waals surface area contributed by atoms with Gasteiger partial charge in [-0.15, -0.1) is 0 Å². The van der Waals surface area contributed by atoms with Crippen molar-refractivity contribution in [3.05, 3.63) is 53.5 Å². The Morgan fingerprint density at radius 2 is 2.14 bits per heavy atom. The van der Waals surface area contributed by atoms with Crippen LogP contribution in [0.3, 0.4) is 0 Å². The molecule has 1 amide bonds. The van der Waals surface area contributed by atoms with Crippen molar-refractivity contribution in [2.75, 3.05) is 13.1 Å². The van der Waals surface area contributed by atoms with Crippen LogP contribution in [0.1, 0.15) is 28.0 Å². The van der Waals surface area contributed by atoms with Crippen LogP contribution in [0.25, 0.3) is 0 Å². The Hall–Kier alpha value is -2.43. The minimum absolute atomic E-state index is 0.00358.